The van der Waals surface area contributed by atoms with Gasteiger partial charge in [0.25, 0.3) is 0 Å². The minimum Gasteiger partial charge on any atom is -0.369 e. The molecular weight excluding hydrogens is 400 g/mol. The largest absolute Gasteiger partial charge is 0.369 e. The van der Waals surface area contributed by atoms with Gasteiger partial charge in [-0.2, -0.15) is 0 Å². The normalized spacial score (nSPS) is 19.4. The zero-order chi connectivity index (χ0) is 22.5. The Bertz CT molecular complexity index is 938. The van der Waals surface area contributed by atoms with Crippen LogP contribution in [-0.4, -0.2) is 67.4 Å². The smallest absolute Gasteiger partial charge is 0.229 e. The predicted molar refractivity (Wildman–Crippen MR) is 129 cm³/mol. The molecule has 170 valence electrons. The Morgan fingerprint density at radius 1 is 1.06 bits per heavy atom. The molecule has 2 saturated heterocycles. The highest BCUT2D eigenvalue weighted by molar-refractivity contribution is 5.97. The lowest BCUT2D eigenvalue weighted by atomic mass is 10.1. The molecule has 2 aromatic carbocycles. The van der Waals surface area contributed by atoms with Crippen molar-refractivity contribution in [1.82, 2.24) is 9.80 Å². The molecule has 1 N–H and O–H groups in total. The van der Waals surface area contributed by atoms with Crippen molar-refractivity contribution in [3.63, 3.8) is 0 Å². The van der Waals surface area contributed by atoms with Crippen LogP contribution in [0.25, 0.3) is 0 Å². The van der Waals surface area contributed by atoms with E-state index in [2.05, 4.69) is 47.2 Å². The lowest BCUT2D eigenvalue weighted by Gasteiger charge is -2.36. The van der Waals surface area contributed by atoms with E-state index in [0.717, 1.165) is 44.8 Å². The number of rotatable bonds is 7. The summed E-state index contributed by atoms with van der Waals surface area (Å²) < 4.78 is 0. The zero-order valence-electron chi connectivity index (χ0n) is 19.2. The Labute approximate surface area is 191 Å². The molecule has 1 atom stereocenters. The van der Waals surface area contributed by atoms with Crippen LogP contribution in [0.4, 0.5) is 11.4 Å². The van der Waals surface area contributed by atoms with Crippen LogP contribution in [0.1, 0.15) is 24.5 Å². The van der Waals surface area contributed by atoms with E-state index in [9.17, 15) is 9.59 Å². The van der Waals surface area contributed by atoms with Crippen LogP contribution < -0.4 is 10.2 Å². The third-order valence-corrected chi connectivity index (χ3v) is 6.72. The molecule has 32 heavy (non-hydrogen) atoms. The van der Waals surface area contributed by atoms with E-state index in [1.165, 1.54) is 16.8 Å². The second kappa shape index (κ2) is 10.2. The molecule has 4 rings (SSSR count). The highest BCUT2D eigenvalue weighted by Gasteiger charge is 2.34. The molecule has 0 spiro atoms. The third kappa shape index (κ3) is 5.30. The van der Waals surface area contributed by atoms with Gasteiger partial charge in [0.15, 0.2) is 0 Å². The third-order valence-electron chi connectivity index (χ3n) is 6.72. The van der Waals surface area contributed by atoms with Crippen LogP contribution in [-0.2, 0) is 16.0 Å². The van der Waals surface area contributed by atoms with Crippen molar-refractivity contribution in [3.05, 3.63) is 59.7 Å². The van der Waals surface area contributed by atoms with Crippen LogP contribution in [0.2, 0.25) is 0 Å². The van der Waals surface area contributed by atoms with Crippen molar-refractivity contribution < 1.29 is 9.59 Å². The molecular formula is C26H34N4O2. The van der Waals surface area contributed by atoms with Crippen molar-refractivity contribution in [1.29, 1.82) is 0 Å². The summed E-state index contributed by atoms with van der Waals surface area (Å²) in [6.07, 6.45) is 1.10. The molecule has 2 amide bonds. The standard InChI is InChI=1S/C26H34N4O2/c1-3-28-13-15-29(16-14-28)24-10-9-23(17-20(24)2)27-26(32)22-18-25(31)30(19-22)12-11-21-7-5-4-6-8-21/h4-10,17,22H,3,11-16,18-19H2,1-2H3,(H,27,32). The first-order valence-corrected chi connectivity index (χ1v) is 11.7. The lowest BCUT2D eigenvalue weighted by Crippen LogP contribution is -2.46. The summed E-state index contributed by atoms with van der Waals surface area (Å²) in [7, 11) is 0. The maximum atomic E-state index is 12.8. The van der Waals surface area contributed by atoms with E-state index >= 15 is 0 Å². The van der Waals surface area contributed by atoms with E-state index in [1.807, 2.05) is 35.2 Å². The van der Waals surface area contributed by atoms with Gasteiger partial charge in [-0.15, -0.1) is 0 Å². The van der Waals surface area contributed by atoms with E-state index in [0.29, 0.717) is 19.5 Å². The van der Waals surface area contributed by atoms with Gasteiger partial charge in [0.1, 0.15) is 0 Å². The van der Waals surface area contributed by atoms with Gasteiger partial charge in [-0.3, -0.25) is 9.59 Å². The fourth-order valence-electron chi connectivity index (χ4n) is 4.71. The molecule has 1 unspecified atom stereocenters. The lowest BCUT2D eigenvalue weighted by molar-refractivity contribution is -0.128. The Hall–Kier alpha value is -2.86. The molecule has 2 aromatic rings. The Kier molecular flexibility index (Phi) is 7.10. The molecule has 0 radical (unpaired) electrons. The zero-order valence-corrected chi connectivity index (χ0v) is 19.2. The number of hydrogen-bond donors (Lipinski definition) is 1. The van der Waals surface area contributed by atoms with Gasteiger partial charge in [0, 0.05) is 57.1 Å². The number of nitrogens with one attached hydrogen (secondary N) is 1. The van der Waals surface area contributed by atoms with Gasteiger partial charge < -0.3 is 20.0 Å². The Morgan fingerprint density at radius 2 is 1.81 bits per heavy atom. The number of carbonyl (C=O) groups is 2. The van der Waals surface area contributed by atoms with Crippen LogP contribution in [0.3, 0.4) is 0 Å². The molecule has 0 aliphatic carbocycles. The fourth-order valence-corrected chi connectivity index (χ4v) is 4.71. The summed E-state index contributed by atoms with van der Waals surface area (Å²) in [5.74, 6) is -0.288. The number of amides is 2. The summed E-state index contributed by atoms with van der Waals surface area (Å²) in [5, 5.41) is 3.04. The summed E-state index contributed by atoms with van der Waals surface area (Å²) in [5.41, 5.74) is 4.42. The van der Waals surface area contributed by atoms with Crippen LogP contribution in [0.15, 0.2) is 48.5 Å². The molecule has 2 aliphatic rings. The minimum atomic E-state index is -0.291. The van der Waals surface area contributed by atoms with Crippen LogP contribution in [0.5, 0.6) is 0 Å². The molecule has 0 aromatic heterocycles. The number of likely N-dealkylation sites (tertiary alicyclic amines) is 1. The van der Waals surface area contributed by atoms with Crippen molar-refractivity contribution in [2.45, 2.75) is 26.7 Å². The minimum absolute atomic E-state index is 0.0655. The summed E-state index contributed by atoms with van der Waals surface area (Å²) in [6.45, 7) is 10.8. The molecule has 0 bridgehead atoms. The molecule has 2 heterocycles. The number of hydrogen-bond acceptors (Lipinski definition) is 4. The van der Waals surface area contributed by atoms with Gasteiger partial charge in [-0.1, -0.05) is 37.3 Å². The number of carbonyl (C=O) groups excluding carboxylic acids is 2. The average molecular weight is 435 g/mol. The number of anilines is 2. The van der Waals surface area contributed by atoms with Crippen LogP contribution >= 0.6 is 0 Å². The molecule has 0 saturated carbocycles. The van der Waals surface area contributed by atoms with Crippen molar-refractivity contribution >= 4 is 23.2 Å². The number of benzene rings is 2. The summed E-state index contributed by atoms with van der Waals surface area (Å²) >= 11 is 0. The second-order valence-electron chi connectivity index (χ2n) is 8.89. The molecule has 2 aliphatic heterocycles. The van der Waals surface area contributed by atoms with E-state index in [1.54, 1.807) is 0 Å². The van der Waals surface area contributed by atoms with Crippen molar-refractivity contribution in [2.75, 3.05) is 56.0 Å². The quantitative estimate of drug-likeness (QED) is 0.727. The fraction of sp³-hybridized carbons (Fsp3) is 0.462. The summed E-state index contributed by atoms with van der Waals surface area (Å²) in [6, 6.07) is 16.3. The Balaban J connectivity index is 1.31. The second-order valence-corrected chi connectivity index (χ2v) is 8.89. The number of aryl methyl sites for hydroxylation is 1. The highest BCUT2D eigenvalue weighted by atomic mass is 16.2. The average Bonchev–Trinajstić information content (AvgIpc) is 3.19. The first-order valence-electron chi connectivity index (χ1n) is 11.7. The highest BCUT2D eigenvalue weighted by Crippen LogP contribution is 2.26. The van der Waals surface area contributed by atoms with Gasteiger partial charge in [-0.25, -0.2) is 0 Å². The molecule has 6 heteroatoms. The summed E-state index contributed by atoms with van der Waals surface area (Å²) in [4.78, 5) is 32.0. The topological polar surface area (TPSA) is 55.9 Å². The maximum Gasteiger partial charge on any atom is 0.229 e. The van der Waals surface area contributed by atoms with E-state index < -0.39 is 0 Å². The van der Waals surface area contributed by atoms with E-state index in [4.69, 9.17) is 0 Å². The van der Waals surface area contributed by atoms with Gasteiger partial charge in [0.05, 0.1) is 5.92 Å². The Morgan fingerprint density at radius 3 is 2.50 bits per heavy atom. The number of nitrogens with zero attached hydrogens (tertiary/aromatic N) is 3. The maximum absolute atomic E-state index is 12.8. The van der Waals surface area contributed by atoms with Crippen LogP contribution in [0, 0.1) is 12.8 Å². The first-order chi connectivity index (χ1) is 15.5. The van der Waals surface area contributed by atoms with Gasteiger partial charge in [0.2, 0.25) is 11.8 Å². The van der Waals surface area contributed by atoms with E-state index in [-0.39, 0.29) is 17.7 Å². The van der Waals surface area contributed by atoms with Crippen molar-refractivity contribution in [3.8, 4) is 0 Å². The van der Waals surface area contributed by atoms with Crippen molar-refractivity contribution in [2.24, 2.45) is 5.92 Å². The number of likely N-dealkylation sites (N-methyl/N-ethyl adjacent to an activating group) is 1. The number of piperazine rings is 1. The van der Waals surface area contributed by atoms with Gasteiger partial charge >= 0.3 is 0 Å². The molecule has 2 fully saturated rings. The first kappa shape index (κ1) is 22.3. The monoisotopic (exact) mass is 434 g/mol. The predicted octanol–water partition coefficient (Wildman–Crippen LogP) is 3.17. The van der Waals surface area contributed by atoms with Gasteiger partial charge in [-0.05, 0) is 49.2 Å². The SMILES string of the molecule is CCN1CCN(c2ccc(NC(=O)C3CC(=O)N(CCc4ccccc4)C3)cc2C)CC1. The molecule has 6 nitrogen and oxygen atoms in total.